The molecule has 0 aromatic heterocycles. The number of alkyl halides is 1. The van der Waals surface area contributed by atoms with Gasteiger partial charge in [-0.2, -0.15) is 0 Å². The number of carbonyl (C=O) groups is 1. The van der Waals surface area contributed by atoms with E-state index in [2.05, 4.69) is 20.8 Å². The Bertz CT molecular complexity index is 521. The van der Waals surface area contributed by atoms with E-state index in [-0.39, 0.29) is 10.8 Å². The monoisotopic (exact) mass is 357 g/mol. The van der Waals surface area contributed by atoms with Crippen LogP contribution in [-0.2, 0) is 22.5 Å². The lowest BCUT2D eigenvalue weighted by Crippen LogP contribution is -2.37. The van der Waals surface area contributed by atoms with Gasteiger partial charge < -0.3 is 14.2 Å². The fourth-order valence-corrected chi connectivity index (χ4v) is 3.12. The van der Waals surface area contributed by atoms with E-state index in [1.807, 2.05) is 12.1 Å². The second-order valence-electron chi connectivity index (χ2n) is 4.95. The van der Waals surface area contributed by atoms with Gasteiger partial charge in [0.25, 0.3) is 0 Å². The third kappa shape index (κ3) is 3.68. The largest absolute Gasteiger partial charge is 0.493 e. The molecule has 1 aliphatic heterocycles. The molecule has 1 heterocycles. The van der Waals surface area contributed by atoms with E-state index in [1.54, 1.807) is 14.2 Å². The Hall–Kier alpha value is -1.27. The Morgan fingerprint density at radius 2 is 1.86 bits per heavy atom. The van der Waals surface area contributed by atoms with Crippen molar-refractivity contribution >= 4 is 21.9 Å². The Labute approximate surface area is 133 Å². The standard InChI is InChI=1S/C15H20BrNO4/c1-19-13-6-10-4-5-17(9-12(16)15(18)21-3)8-11(10)7-14(13)20-2/h6-7,12H,4-5,8-9H2,1-3H3. The molecule has 0 amide bonds. The molecule has 0 radical (unpaired) electrons. The topological polar surface area (TPSA) is 48.0 Å². The van der Waals surface area contributed by atoms with Gasteiger partial charge in [0.15, 0.2) is 11.5 Å². The maximum atomic E-state index is 11.5. The number of hydrogen-bond donors (Lipinski definition) is 0. The lowest BCUT2D eigenvalue weighted by molar-refractivity contribution is -0.140. The van der Waals surface area contributed by atoms with Crippen molar-refractivity contribution in [1.29, 1.82) is 0 Å². The number of carbonyl (C=O) groups excluding carboxylic acids is 1. The first-order chi connectivity index (χ1) is 10.1. The van der Waals surface area contributed by atoms with Crippen LogP contribution < -0.4 is 9.47 Å². The molecule has 0 bridgehead atoms. The van der Waals surface area contributed by atoms with Crippen LogP contribution in [0.4, 0.5) is 0 Å². The van der Waals surface area contributed by atoms with E-state index in [0.717, 1.165) is 31.0 Å². The summed E-state index contributed by atoms with van der Waals surface area (Å²) in [5, 5.41) is 0. The summed E-state index contributed by atoms with van der Waals surface area (Å²) in [6, 6.07) is 4.05. The van der Waals surface area contributed by atoms with E-state index < -0.39 is 0 Å². The van der Waals surface area contributed by atoms with Crippen molar-refractivity contribution in [3.8, 4) is 11.5 Å². The van der Waals surface area contributed by atoms with E-state index in [1.165, 1.54) is 18.2 Å². The highest BCUT2D eigenvalue weighted by Gasteiger charge is 2.24. The molecular formula is C15H20BrNO4. The molecule has 1 atom stereocenters. The van der Waals surface area contributed by atoms with Crippen molar-refractivity contribution in [3.63, 3.8) is 0 Å². The van der Waals surface area contributed by atoms with Gasteiger partial charge in [0, 0.05) is 19.6 Å². The molecule has 0 fully saturated rings. The first-order valence-electron chi connectivity index (χ1n) is 6.77. The summed E-state index contributed by atoms with van der Waals surface area (Å²) in [5.74, 6) is 1.26. The molecule has 21 heavy (non-hydrogen) atoms. The fraction of sp³-hybridized carbons (Fsp3) is 0.533. The minimum Gasteiger partial charge on any atom is -0.493 e. The summed E-state index contributed by atoms with van der Waals surface area (Å²) >= 11 is 3.37. The molecule has 5 nitrogen and oxygen atoms in total. The summed E-state index contributed by atoms with van der Waals surface area (Å²) in [4.78, 5) is 13.4. The summed E-state index contributed by atoms with van der Waals surface area (Å²) in [7, 11) is 4.68. The minimum atomic E-state index is -0.302. The molecule has 0 aliphatic carbocycles. The van der Waals surface area contributed by atoms with Crippen LogP contribution >= 0.6 is 15.9 Å². The third-order valence-electron chi connectivity index (χ3n) is 3.67. The fourth-order valence-electron chi connectivity index (χ4n) is 2.53. The average Bonchev–Trinajstić information content (AvgIpc) is 2.52. The van der Waals surface area contributed by atoms with Crippen LogP contribution in [0.1, 0.15) is 11.1 Å². The molecule has 1 aliphatic rings. The van der Waals surface area contributed by atoms with Crippen molar-refractivity contribution in [3.05, 3.63) is 23.3 Å². The smallest absolute Gasteiger partial charge is 0.320 e. The lowest BCUT2D eigenvalue weighted by atomic mass is 9.98. The zero-order valence-electron chi connectivity index (χ0n) is 12.5. The molecule has 1 unspecified atom stereocenters. The van der Waals surface area contributed by atoms with Crippen molar-refractivity contribution in [2.75, 3.05) is 34.4 Å². The van der Waals surface area contributed by atoms with Crippen LogP contribution in [0.5, 0.6) is 11.5 Å². The Morgan fingerprint density at radius 3 is 2.43 bits per heavy atom. The minimum absolute atomic E-state index is 0.242. The highest BCUT2D eigenvalue weighted by atomic mass is 79.9. The molecule has 0 N–H and O–H groups in total. The second-order valence-corrected chi connectivity index (χ2v) is 6.06. The molecule has 116 valence electrons. The Balaban J connectivity index is 2.11. The molecule has 0 saturated carbocycles. The Morgan fingerprint density at radius 1 is 1.24 bits per heavy atom. The summed E-state index contributed by atoms with van der Waals surface area (Å²) in [6.07, 6.45) is 0.927. The van der Waals surface area contributed by atoms with Crippen LogP contribution in [0.2, 0.25) is 0 Å². The van der Waals surface area contributed by atoms with E-state index in [9.17, 15) is 4.79 Å². The third-order valence-corrected chi connectivity index (χ3v) is 4.34. The molecule has 2 rings (SSSR count). The number of methoxy groups -OCH3 is 3. The number of halogens is 1. The summed E-state index contributed by atoms with van der Waals surface area (Å²) < 4.78 is 15.4. The number of benzene rings is 1. The zero-order chi connectivity index (χ0) is 15.4. The van der Waals surface area contributed by atoms with Crippen LogP contribution in [0.15, 0.2) is 12.1 Å². The van der Waals surface area contributed by atoms with Crippen molar-refractivity contribution in [2.45, 2.75) is 17.8 Å². The SMILES string of the molecule is COC(=O)C(Br)CN1CCc2cc(OC)c(OC)cc2C1. The van der Waals surface area contributed by atoms with Gasteiger partial charge in [-0.3, -0.25) is 9.69 Å². The van der Waals surface area contributed by atoms with Crippen molar-refractivity contribution < 1.29 is 19.0 Å². The van der Waals surface area contributed by atoms with Gasteiger partial charge in [0.1, 0.15) is 4.83 Å². The van der Waals surface area contributed by atoms with Gasteiger partial charge in [0.05, 0.1) is 21.3 Å². The number of nitrogens with zero attached hydrogens (tertiary/aromatic N) is 1. The lowest BCUT2D eigenvalue weighted by Gasteiger charge is -2.30. The number of fused-ring (bicyclic) bond motifs is 1. The predicted octanol–water partition coefficient (Wildman–Crippen LogP) is 2.00. The van der Waals surface area contributed by atoms with Gasteiger partial charge >= 0.3 is 5.97 Å². The van der Waals surface area contributed by atoms with Gasteiger partial charge in [-0.15, -0.1) is 0 Å². The average molecular weight is 358 g/mol. The molecule has 0 spiro atoms. The second kappa shape index (κ2) is 7.13. The molecule has 1 aromatic carbocycles. The van der Waals surface area contributed by atoms with E-state index in [0.29, 0.717) is 6.54 Å². The predicted molar refractivity (Wildman–Crippen MR) is 83.3 cm³/mol. The maximum Gasteiger partial charge on any atom is 0.320 e. The van der Waals surface area contributed by atoms with Gasteiger partial charge in [-0.1, -0.05) is 15.9 Å². The molecule has 0 saturated heterocycles. The molecular weight excluding hydrogens is 338 g/mol. The highest BCUT2D eigenvalue weighted by Crippen LogP contribution is 2.33. The van der Waals surface area contributed by atoms with Crippen LogP contribution in [-0.4, -0.2) is 50.1 Å². The zero-order valence-corrected chi connectivity index (χ0v) is 14.1. The molecule has 6 heteroatoms. The number of esters is 1. The number of rotatable bonds is 5. The van der Waals surface area contributed by atoms with Crippen LogP contribution in [0.3, 0.4) is 0 Å². The van der Waals surface area contributed by atoms with Crippen molar-refractivity contribution in [2.24, 2.45) is 0 Å². The van der Waals surface area contributed by atoms with E-state index >= 15 is 0 Å². The quantitative estimate of drug-likeness (QED) is 0.595. The normalized spacial score (nSPS) is 16.0. The maximum absolute atomic E-state index is 11.5. The Kier molecular flexibility index (Phi) is 5.47. The summed E-state index contributed by atoms with van der Waals surface area (Å²) in [5.41, 5.74) is 2.48. The number of hydrogen-bond acceptors (Lipinski definition) is 5. The number of ether oxygens (including phenoxy) is 3. The first kappa shape index (κ1) is 16.1. The first-order valence-corrected chi connectivity index (χ1v) is 7.68. The van der Waals surface area contributed by atoms with Gasteiger partial charge in [-0.25, -0.2) is 0 Å². The van der Waals surface area contributed by atoms with Crippen LogP contribution in [0.25, 0.3) is 0 Å². The highest BCUT2D eigenvalue weighted by molar-refractivity contribution is 9.10. The van der Waals surface area contributed by atoms with Crippen LogP contribution in [0, 0.1) is 0 Å². The van der Waals surface area contributed by atoms with Gasteiger partial charge in [0.2, 0.25) is 0 Å². The molecule has 1 aromatic rings. The van der Waals surface area contributed by atoms with E-state index in [4.69, 9.17) is 14.2 Å². The summed E-state index contributed by atoms with van der Waals surface area (Å²) in [6.45, 7) is 2.32. The van der Waals surface area contributed by atoms with Crippen molar-refractivity contribution in [1.82, 2.24) is 4.90 Å². The van der Waals surface area contributed by atoms with Gasteiger partial charge in [-0.05, 0) is 29.7 Å².